The molecule has 1 aliphatic heterocycles. The molecule has 130 valence electrons. The largest absolute Gasteiger partial charge is 0.484 e. The van der Waals surface area contributed by atoms with E-state index in [4.69, 9.17) is 4.74 Å². The summed E-state index contributed by atoms with van der Waals surface area (Å²) in [6, 6.07) is 7.66. The molecule has 2 fully saturated rings. The summed E-state index contributed by atoms with van der Waals surface area (Å²) in [5, 5.41) is 0. The van der Waals surface area contributed by atoms with E-state index in [0.29, 0.717) is 11.3 Å². The number of benzene rings is 1. The Hall–Kier alpha value is -1.88. The third kappa shape index (κ3) is 4.15. The quantitative estimate of drug-likeness (QED) is 0.778. The number of Topliss-reactive ketones (excluding diaryl/α,β-unsaturated/α-hetero) is 1. The van der Waals surface area contributed by atoms with Crippen LogP contribution in [0.15, 0.2) is 24.3 Å². The van der Waals surface area contributed by atoms with E-state index >= 15 is 0 Å². The molecular weight excluding hydrogens is 304 g/mol. The Kier molecular flexibility index (Phi) is 5.51. The molecule has 5 nitrogen and oxygen atoms in total. The monoisotopic (exact) mass is 330 g/mol. The molecule has 3 rings (SSSR count). The van der Waals surface area contributed by atoms with Gasteiger partial charge in [-0.05, 0) is 44.0 Å². The highest BCUT2D eigenvalue weighted by atomic mass is 16.5. The third-order valence-electron chi connectivity index (χ3n) is 5.13. The fourth-order valence-corrected chi connectivity index (χ4v) is 3.63. The summed E-state index contributed by atoms with van der Waals surface area (Å²) in [7, 11) is 0. The standard InChI is InChI=1S/C19H26N2O3/c1-15(22)16-6-8-18(9-7-16)24-14-19(23)21-12-10-20(11-13-21)17-4-2-3-5-17/h6-9,17H,2-5,10-14H2,1H3. The highest BCUT2D eigenvalue weighted by Gasteiger charge is 2.27. The molecule has 1 heterocycles. The number of nitrogens with zero attached hydrogens (tertiary/aromatic N) is 2. The average molecular weight is 330 g/mol. The first-order valence-electron chi connectivity index (χ1n) is 8.89. The maximum atomic E-state index is 12.3. The second-order valence-corrected chi connectivity index (χ2v) is 6.72. The highest BCUT2D eigenvalue weighted by molar-refractivity contribution is 5.94. The van der Waals surface area contributed by atoms with Crippen LogP contribution >= 0.6 is 0 Å². The third-order valence-corrected chi connectivity index (χ3v) is 5.13. The fourth-order valence-electron chi connectivity index (χ4n) is 3.63. The molecule has 0 unspecified atom stereocenters. The Morgan fingerprint density at radius 2 is 1.67 bits per heavy atom. The van der Waals surface area contributed by atoms with Gasteiger partial charge in [-0.1, -0.05) is 12.8 Å². The van der Waals surface area contributed by atoms with Gasteiger partial charge < -0.3 is 9.64 Å². The van der Waals surface area contributed by atoms with Crippen LogP contribution in [0.3, 0.4) is 0 Å². The number of ketones is 1. The zero-order chi connectivity index (χ0) is 16.9. The van der Waals surface area contributed by atoms with Crippen LogP contribution in [0, 0.1) is 0 Å². The van der Waals surface area contributed by atoms with E-state index in [2.05, 4.69) is 4.90 Å². The minimum Gasteiger partial charge on any atom is -0.484 e. The highest BCUT2D eigenvalue weighted by Crippen LogP contribution is 2.24. The summed E-state index contributed by atoms with van der Waals surface area (Å²) in [4.78, 5) is 28.0. The molecule has 0 N–H and O–H groups in total. The zero-order valence-electron chi connectivity index (χ0n) is 14.4. The van der Waals surface area contributed by atoms with Crippen molar-refractivity contribution in [3.05, 3.63) is 29.8 Å². The van der Waals surface area contributed by atoms with Crippen molar-refractivity contribution in [2.24, 2.45) is 0 Å². The Bertz CT molecular complexity index is 571. The molecule has 1 saturated carbocycles. The topological polar surface area (TPSA) is 49.9 Å². The van der Waals surface area contributed by atoms with Crippen LogP contribution < -0.4 is 4.74 Å². The molecule has 1 saturated heterocycles. The van der Waals surface area contributed by atoms with Crippen LogP contribution in [0.5, 0.6) is 5.75 Å². The van der Waals surface area contributed by atoms with Gasteiger partial charge in [0.15, 0.2) is 12.4 Å². The smallest absolute Gasteiger partial charge is 0.260 e. The van der Waals surface area contributed by atoms with E-state index in [1.165, 1.54) is 32.6 Å². The van der Waals surface area contributed by atoms with Gasteiger partial charge in [0.25, 0.3) is 5.91 Å². The average Bonchev–Trinajstić information content (AvgIpc) is 3.15. The number of carbonyl (C=O) groups is 2. The minimum absolute atomic E-state index is 0.0257. The lowest BCUT2D eigenvalue weighted by atomic mass is 10.1. The van der Waals surface area contributed by atoms with Gasteiger partial charge in [0.2, 0.25) is 0 Å². The number of hydrogen-bond donors (Lipinski definition) is 0. The molecule has 1 aromatic rings. The number of amides is 1. The van der Waals surface area contributed by atoms with E-state index in [1.54, 1.807) is 24.3 Å². The molecule has 0 radical (unpaired) electrons. The van der Waals surface area contributed by atoms with Gasteiger partial charge in [0.1, 0.15) is 5.75 Å². The molecule has 1 amide bonds. The predicted octanol–water partition coefficient (Wildman–Crippen LogP) is 2.35. The molecular formula is C19H26N2O3. The maximum Gasteiger partial charge on any atom is 0.260 e. The van der Waals surface area contributed by atoms with Crippen molar-refractivity contribution in [2.75, 3.05) is 32.8 Å². The van der Waals surface area contributed by atoms with Crippen molar-refractivity contribution in [3.63, 3.8) is 0 Å². The molecule has 1 aliphatic carbocycles. The minimum atomic E-state index is 0.0257. The Morgan fingerprint density at radius 3 is 2.25 bits per heavy atom. The molecule has 2 aliphatic rings. The van der Waals surface area contributed by atoms with Crippen LogP contribution in [0.4, 0.5) is 0 Å². The van der Waals surface area contributed by atoms with Crippen molar-refractivity contribution in [2.45, 2.75) is 38.6 Å². The van der Waals surface area contributed by atoms with Gasteiger partial charge in [-0.3, -0.25) is 14.5 Å². The second kappa shape index (κ2) is 7.79. The molecule has 24 heavy (non-hydrogen) atoms. The number of carbonyl (C=O) groups excluding carboxylic acids is 2. The summed E-state index contributed by atoms with van der Waals surface area (Å²) in [6.45, 7) is 5.13. The number of ether oxygens (including phenoxy) is 1. The van der Waals surface area contributed by atoms with Crippen molar-refractivity contribution < 1.29 is 14.3 Å². The van der Waals surface area contributed by atoms with Crippen LogP contribution in [0.25, 0.3) is 0 Å². The van der Waals surface area contributed by atoms with Crippen LogP contribution in [-0.4, -0.2) is 60.3 Å². The van der Waals surface area contributed by atoms with E-state index in [0.717, 1.165) is 32.2 Å². The Morgan fingerprint density at radius 1 is 1.04 bits per heavy atom. The first kappa shape index (κ1) is 17.0. The lowest BCUT2D eigenvalue weighted by Crippen LogP contribution is -2.52. The molecule has 0 aromatic heterocycles. The number of hydrogen-bond acceptors (Lipinski definition) is 4. The van der Waals surface area contributed by atoms with Crippen LogP contribution in [-0.2, 0) is 4.79 Å². The summed E-state index contributed by atoms with van der Waals surface area (Å²) in [6.07, 6.45) is 5.32. The summed E-state index contributed by atoms with van der Waals surface area (Å²) in [5.74, 6) is 0.687. The van der Waals surface area contributed by atoms with E-state index in [1.807, 2.05) is 4.90 Å². The summed E-state index contributed by atoms with van der Waals surface area (Å²) >= 11 is 0. The van der Waals surface area contributed by atoms with Gasteiger partial charge in [-0.15, -0.1) is 0 Å². The van der Waals surface area contributed by atoms with Gasteiger partial charge in [0, 0.05) is 37.8 Å². The number of rotatable bonds is 5. The second-order valence-electron chi connectivity index (χ2n) is 6.72. The molecule has 0 atom stereocenters. The Balaban J connectivity index is 1.43. The van der Waals surface area contributed by atoms with Gasteiger partial charge >= 0.3 is 0 Å². The molecule has 5 heteroatoms. The van der Waals surface area contributed by atoms with E-state index in [9.17, 15) is 9.59 Å². The SMILES string of the molecule is CC(=O)c1ccc(OCC(=O)N2CCN(C3CCCC3)CC2)cc1. The van der Waals surface area contributed by atoms with E-state index < -0.39 is 0 Å². The first-order valence-corrected chi connectivity index (χ1v) is 8.89. The lowest BCUT2D eigenvalue weighted by molar-refractivity contribution is -0.135. The summed E-state index contributed by atoms with van der Waals surface area (Å²) in [5.41, 5.74) is 0.650. The fraction of sp³-hybridized carbons (Fsp3) is 0.579. The van der Waals surface area contributed by atoms with Crippen molar-refractivity contribution in [1.82, 2.24) is 9.80 Å². The van der Waals surface area contributed by atoms with Crippen molar-refractivity contribution in [3.8, 4) is 5.75 Å². The van der Waals surface area contributed by atoms with Crippen molar-refractivity contribution >= 4 is 11.7 Å². The molecule has 1 aromatic carbocycles. The van der Waals surface area contributed by atoms with Crippen molar-refractivity contribution in [1.29, 1.82) is 0 Å². The molecule has 0 bridgehead atoms. The number of piperazine rings is 1. The zero-order valence-corrected chi connectivity index (χ0v) is 14.4. The van der Waals surface area contributed by atoms with Gasteiger partial charge in [-0.25, -0.2) is 0 Å². The van der Waals surface area contributed by atoms with Gasteiger partial charge in [-0.2, -0.15) is 0 Å². The maximum absolute atomic E-state index is 12.3. The molecule has 0 spiro atoms. The van der Waals surface area contributed by atoms with E-state index in [-0.39, 0.29) is 18.3 Å². The lowest BCUT2D eigenvalue weighted by Gasteiger charge is -2.38. The Labute approximate surface area is 143 Å². The summed E-state index contributed by atoms with van der Waals surface area (Å²) < 4.78 is 5.57. The predicted molar refractivity (Wildman–Crippen MR) is 92.4 cm³/mol. The van der Waals surface area contributed by atoms with Crippen LogP contribution in [0.2, 0.25) is 0 Å². The van der Waals surface area contributed by atoms with Crippen LogP contribution in [0.1, 0.15) is 43.0 Å². The van der Waals surface area contributed by atoms with Gasteiger partial charge in [0.05, 0.1) is 0 Å². The first-order chi connectivity index (χ1) is 11.6. The normalized spacial score (nSPS) is 19.5.